The molecule has 0 bridgehead atoms. The maximum atomic E-state index is 13.3. The summed E-state index contributed by atoms with van der Waals surface area (Å²) >= 11 is 0. The van der Waals surface area contributed by atoms with Gasteiger partial charge in [-0.1, -0.05) is 115 Å². The summed E-state index contributed by atoms with van der Waals surface area (Å²) in [5.41, 5.74) is 8.17. The van der Waals surface area contributed by atoms with Gasteiger partial charge in [-0.15, -0.1) is 0 Å². The minimum Gasteiger partial charge on any atom is -0.507 e. The summed E-state index contributed by atoms with van der Waals surface area (Å²) in [7, 11) is -0.526. The van der Waals surface area contributed by atoms with E-state index >= 15 is 0 Å². The van der Waals surface area contributed by atoms with Crippen molar-refractivity contribution in [2.75, 3.05) is 43.6 Å². The topological polar surface area (TPSA) is 92.9 Å². The molecule has 0 aromatic heterocycles. The Morgan fingerprint density at radius 1 is 0.740 bits per heavy atom. The average molecular weight is 703 g/mol. The van der Waals surface area contributed by atoms with Crippen LogP contribution in [0.4, 0.5) is 5.69 Å². The Bertz CT molecular complexity index is 1550. The van der Waals surface area contributed by atoms with Crippen molar-refractivity contribution < 1.29 is 19.4 Å². The molecule has 0 unspecified atom stereocenters. The smallest absolute Gasteiger partial charge is 0.198 e. The van der Waals surface area contributed by atoms with Gasteiger partial charge in [0.1, 0.15) is 11.5 Å². The highest BCUT2D eigenvalue weighted by molar-refractivity contribution is 8.33. The Hall–Kier alpha value is -3.29. The van der Waals surface area contributed by atoms with E-state index in [9.17, 15) is 14.7 Å². The van der Waals surface area contributed by atoms with Crippen LogP contribution in [0.5, 0.6) is 17.2 Å². The number of unbranched alkanes of at least 4 members (excludes halogenated alkanes) is 10. The van der Waals surface area contributed by atoms with Gasteiger partial charge in [0, 0.05) is 23.7 Å². The monoisotopic (exact) mass is 702 g/mol. The predicted octanol–water partition coefficient (Wildman–Crippen LogP) is 10.6. The fraction of sp³-hybridized carbons (Fsp3) is 0.535. The number of ether oxygens (including phenoxy) is 1. The highest BCUT2D eigenvalue weighted by Crippen LogP contribution is 2.45. The second-order valence-electron chi connectivity index (χ2n) is 14.9. The molecule has 6 nitrogen and oxygen atoms in total. The summed E-state index contributed by atoms with van der Waals surface area (Å²) in [5.74, 6) is 0.925. The number of aromatic hydroxyl groups is 1. The normalized spacial score (nSPS) is 13.2. The van der Waals surface area contributed by atoms with Gasteiger partial charge in [-0.05, 0) is 80.0 Å². The number of carbonyl (C=O) groups is 2. The number of nitrogens with two attached hydrogens (primary N) is 1. The zero-order valence-corrected chi connectivity index (χ0v) is 32.2. The number of nitrogen functional groups attached to an aromatic ring is 1. The third kappa shape index (κ3) is 10.9. The summed E-state index contributed by atoms with van der Waals surface area (Å²) in [4.78, 5) is 29.1. The van der Waals surface area contributed by atoms with Crippen molar-refractivity contribution in [1.82, 2.24) is 4.90 Å². The SMILES string of the molecule is CCCCCCCCCCCCN(CCCCS(C)(C)C(C)C)CCc1ccc(Oc2cc(O)c3c(c2N)C(=O)c2ccccc2C3=O)cc1. The Morgan fingerprint density at radius 2 is 1.28 bits per heavy atom. The fourth-order valence-corrected chi connectivity index (χ4v) is 8.12. The quantitative estimate of drug-likeness (QED) is 0.0481. The van der Waals surface area contributed by atoms with E-state index in [-0.39, 0.29) is 39.4 Å². The number of anilines is 1. The van der Waals surface area contributed by atoms with Gasteiger partial charge in [0.15, 0.2) is 17.3 Å². The third-order valence-electron chi connectivity index (χ3n) is 10.5. The molecule has 7 heteroatoms. The molecule has 0 spiro atoms. The number of nitrogens with zero attached hydrogens (tertiary/aromatic N) is 1. The predicted molar refractivity (Wildman–Crippen MR) is 213 cm³/mol. The van der Waals surface area contributed by atoms with E-state index in [2.05, 4.69) is 50.3 Å². The molecular formula is C43H62N2O4S. The second kappa shape index (κ2) is 19.4. The van der Waals surface area contributed by atoms with Crippen LogP contribution < -0.4 is 10.5 Å². The lowest BCUT2D eigenvalue weighted by atomic mass is 9.82. The molecule has 3 aromatic rings. The van der Waals surface area contributed by atoms with Crippen LogP contribution in [-0.4, -0.2) is 64.7 Å². The van der Waals surface area contributed by atoms with E-state index < -0.39 is 21.6 Å². The van der Waals surface area contributed by atoms with Crippen LogP contribution in [0.1, 0.15) is 135 Å². The molecule has 0 aliphatic heterocycles. The largest absolute Gasteiger partial charge is 0.507 e. The van der Waals surface area contributed by atoms with Crippen LogP contribution in [0.15, 0.2) is 54.6 Å². The minimum absolute atomic E-state index is 0.00278. The van der Waals surface area contributed by atoms with Crippen LogP contribution in [0.25, 0.3) is 0 Å². The maximum Gasteiger partial charge on any atom is 0.198 e. The van der Waals surface area contributed by atoms with Crippen molar-refractivity contribution >= 4 is 27.3 Å². The molecule has 3 N–H and O–H groups in total. The van der Waals surface area contributed by atoms with Crippen LogP contribution in [-0.2, 0) is 6.42 Å². The number of rotatable bonds is 22. The molecule has 0 heterocycles. The lowest BCUT2D eigenvalue weighted by Gasteiger charge is -2.36. The summed E-state index contributed by atoms with van der Waals surface area (Å²) in [6.07, 6.45) is 22.0. The van der Waals surface area contributed by atoms with Gasteiger partial charge in [0.25, 0.3) is 0 Å². The fourth-order valence-electron chi connectivity index (χ4n) is 6.70. The van der Waals surface area contributed by atoms with Crippen molar-refractivity contribution in [1.29, 1.82) is 0 Å². The van der Waals surface area contributed by atoms with Crippen molar-refractivity contribution in [2.24, 2.45) is 0 Å². The molecule has 0 fully saturated rings. The highest BCUT2D eigenvalue weighted by Gasteiger charge is 2.35. The first-order valence-corrected chi connectivity index (χ1v) is 21.7. The van der Waals surface area contributed by atoms with E-state index in [4.69, 9.17) is 10.5 Å². The number of ketones is 2. The molecule has 274 valence electrons. The molecule has 0 saturated carbocycles. The average Bonchev–Trinajstić information content (AvgIpc) is 3.10. The molecule has 0 saturated heterocycles. The standard InChI is InChI=1S/C43H62N2O4S/c1-6-7-8-9-10-11-12-13-14-17-27-45(28-18-19-30-50(4,5)32(2)3)29-26-33-22-24-34(25-23-33)49-38-31-37(46)39-40(41(38)44)43(48)36-21-16-15-20-35(36)42(39)47/h15-16,20-25,31-32,46H,6-14,17-19,26-30,44H2,1-5H3. The Morgan fingerprint density at radius 3 is 1.86 bits per heavy atom. The Labute approximate surface area is 303 Å². The van der Waals surface area contributed by atoms with Gasteiger partial charge in [0.05, 0.1) is 16.8 Å². The summed E-state index contributed by atoms with van der Waals surface area (Å²) in [6, 6.07) is 15.9. The van der Waals surface area contributed by atoms with Crippen LogP contribution in [0, 0.1) is 0 Å². The lowest BCUT2D eigenvalue weighted by molar-refractivity contribution is 0.0977. The minimum atomic E-state index is -0.526. The van der Waals surface area contributed by atoms with Gasteiger partial charge < -0.3 is 20.5 Å². The molecule has 0 amide bonds. The van der Waals surface area contributed by atoms with Gasteiger partial charge >= 0.3 is 0 Å². The van der Waals surface area contributed by atoms with Crippen molar-refractivity contribution in [3.8, 4) is 17.2 Å². The number of hydrogen-bond donors (Lipinski definition) is 2. The molecule has 4 rings (SSSR count). The van der Waals surface area contributed by atoms with Gasteiger partial charge in [-0.25, -0.2) is 10.0 Å². The van der Waals surface area contributed by atoms with E-state index in [1.165, 1.54) is 94.4 Å². The van der Waals surface area contributed by atoms with Crippen molar-refractivity contribution in [3.05, 3.63) is 82.4 Å². The summed E-state index contributed by atoms with van der Waals surface area (Å²) < 4.78 is 6.08. The lowest BCUT2D eigenvalue weighted by Crippen LogP contribution is -2.29. The van der Waals surface area contributed by atoms with E-state index in [0.29, 0.717) is 5.75 Å². The first kappa shape index (κ1) is 39.5. The third-order valence-corrected chi connectivity index (χ3v) is 14.4. The van der Waals surface area contributed by atoms with Crippen LogP contribution in [0.2, 0.25) is 0 Å². The number of carbonyl (C=O) groups excluding carboxylic acids is 2. The van der Waals surface area contributed by atoms with E-state index in [1.807, 2.05) is 12.1 Å². The molecule has 0 radical (unpaired) electrons. The zero-order chi connectivity index (χ0) is 36.1. The second-order valence-corrected chi connectivity index (χ2v) is 19.5. The number of phenolic OH excluding ortho intramolecular Hbond substituents is 1. The van der Waals surface area contributed by atoms with Crippen LogP contribution >= 0.6 is 10.0 Å². The Balaban J connectivity index is 1.32. The Kier molecular flexibility index (Phi) is 15.3. The maximum absolute atomic E-state index is 13.3. The zero-order valence-electron chi connectivity index (χ0n) is 31.4. The van der Waals surface area contributed by atoms with Gasteiger partial charge in [0.2, 0.25) is 0 Å². The molecule has 0 atom stereocenters. The van der Waals surface area contributed by atoms with Crippen LogP contribution in [0.3, 0.4) is 0 Å². The van der Waals surface area contributed by atoms with Gasteiger partial charge in [-0.3, -0.25) is 9.59 Å². The summed E-state index contributed by atoms with van der Waals surface area (Å²) in [5, 5.41) is 11.6. The van der Waals surface area contributed by atoms with E-state index in [0.717, 1.165) is 31.3 Å². The highest BCUT2D eigenvalue weighted by atomic mass is 32.3. The first-order valence-electron chi connectivity index (χ1n) is 19.1. The number of benzene rings is 3. The molecule has 1 aliphatic rings. The van der Waals surface area contributed by atoms with Crippen molar-refractivity contribution in [3.63, 3.8) is 0 Å². The molecule has 1 aliphatic carbocycles. The number of fused-ring (bicyclic) bond motifs is 2. The number of hydrogen-bond acceptors (Lipinski definition) is 6. The first-order chi connectivity index (χ1) is 24.0. The molecule has 50 heavy (non-hydrogen) atoms. The van der Waals surface area contributed by atoms with Gasteiger partial charge in [-0.2, -0.15) is 0 Å². The summed E-state index contributed by atoms with van der Waals surface area (Å²) in [6.45, 7) is 10.4. The van der Waals surface area contributed by atoms with E-state index in [1.54, 1.807) is 24.3 Å². The molecule has 3 aromatic carbocycles. The van der Waals surface area contributed by atoms with Crippen molar-refractivity contribution in [2.45, 2.75) is 109 Å². The molecular weight excluding hydrogens is 641 g/mol. The number of phenols is 1.